The van der Waals surface area contributed by atoms with E-state index in [0.717, 1.165) is 36.6 Å². The van der Waals surface area contributed by atoms with Gasteiger partial charge in [-0.3, -0.25) is 4.90 Å². The van der Waals surface area contributed by atoms with E-state index in [1.54, 1.807) is 7.11 Å². The van der Waals surface area contributed by atoms with Crippen molar-refractivity contribution in [2.75, 3.05) is 26.8 Å². The van der Waals surface area contributed by atoms with E-state index in [-0.39, 0.29) is 12.1 Å². The van der Waals surface area contributed by atoms with Crippen LogP contribution >= 0.6 is 0 Å². The number of hydrogen-bond acceptors (Lipinski definition) is 4. The molecule has 2 N–H and O–H groups in total. The van der Waals surface area contributed by atoms with Crippen LogP contribution in [0.1, 0.15) is 36.6 Å². The molecule has 1 aromatic rings. The Balaban J connectivity index is 2.23. The number of ether oxygens (including phenoxy) is 2. The number of morpholine rings is 1. The Labute approximate surface area is 128 Å². The zero-order valence-corrected chi connectivity index (χ0v) is 13.8. The summed E-state index contributed by atoms with van der Waals surface area (Å²) < 4.78 is 11.5. The van der Waals surface area contributed by atoms with Gasteiger partial charge in [-0.05, 0) is 38.8 Å². The SMILES string of the molecule is COc1c(C(N)C2CN(C(C)C)CCO2)ccc(C)c1C. The Morgan fingerprint density at radius 3 is 2.67 bits per heavy atom. The molecule has 118 valence electrons. The molecule has 4 nitrogen and oxygen atoms in total. The van der Waals surface area contributed by atoms with Crippen LogP contribution < -0.4 is 10.5 Å². The van der Waals surface area contributed by atoms with Gasteiger partial charge in [0.05, 0.1) is 25.9 Å². The molecule has 1 aromatic carbocycles. The summed E-state index contributed by atoms with van der Waals surface area (Å²) in [5.41, 5.74) is 9.91. The van der Waals surface area contributed by atoms with Crippen LogP contribution in [0.4, 0.5) is 0 Å². The van der Waals surface area contributed by atoms with Gasteiger partial charge in [0, 0.05) is 24.7 Å². The molecule has 0 spiro atoms. The molecule has 1 aliphatic rings. The second-order valence-electron chi connectivity index (χ2n) is 6.15. The summed E-state index contributed by atoms with van der Waals surface area (Å²) in [6, 6.07) is 4.53. The van der Waals surface area contributed by atoms with Gasteiger partial charge in [0.25, 0.3) is 0 Å². The van der Waals surface area contributed by atoms with Gasteiger partial charge in [0.1, 0.15) is 5.75 Å². The molecule has 0 saturated carbocycles. The average Bonchev–Trinajstić information content (AvgIpc) is 2.49. The largest absolute Gasteiger partial charge is 0.496 e. The second-order valence-corrected chi connectivity index (χ2v) is 6.15. The highest BCUT2D eigenvalue weighted by Crippen LogP contribution is 2.32. The molecule has 21 heavy (non-hydrogen) atoms. The highest BCUT2D eigenvalue weighted by atomic mass is 16.5. The van der Waals surface area contributed by atoms with Crippen LogP contribution in [0, 0.1) is 13.8 Å². The summed E-state index contributed by atoms with van der Waals surface area (Å²) in [6.45, 7) is 11.2. The van der Waals surface area contributed by atoms with Crippen molar-refractivity contribution in [3.05, 3.63) is 28.8 Å². The standard InChI is InChI=1S/C17H28N2O2/c1-11(2)19-8-9-21-15(10-19)16(18)14-7-6-12(3)13(4)17(14)20-5/h6-7,11,15-16H,8-10,18H2,1-5H3. The number of aryl methyl sites for hydroxylation is 1. The van der Waals surface area contributed by atoms with E-state index < -0.39 is 0 Å². The number of nitrogens with zero attached hydrogens (tertiary/aromatic N) is 1. The topological polar surface area (TPSA) is 47.7 Å². The first-order valence-corrected chi connectivity index (χ1v) is 7.71. The maximum atomic E-state index is 6.50. The third-order valence-electron chi connectivity index (χ3n) is 4.53. The Morgan fingerprint density at radius 1 is 1.33 bits per heavy atom. The molecule has 2 rings (SSSR count). The van der Waals surface area contributed by atoms with Crippen molar-refractivity contribution in [1.29, 1.82) is 0 Å². The van der Waals surface area contributed by atoms with Gasteiger partial charge in [0.2, 0.25) is 0 Å². The minimum atomic E-state index is -0.166. The third-order valence-corrected chi connectivity index (χ3v) is 4.53. The lowest BCUT2D eigenvalue weighted by atomic mass is 9.95. The van der Waals surface area contributed by atoms with Crippen molar-refractivity contribution in [1.82, 2.24) is 4.90 Å². The molecule has 0 aromatic heterocycles. The van der Waals surface area contributed by atoms with E-state index in [1.165, 1.54) is 5.56 Å². The van der Waals surface area contributed by atoms with Crippen molar-refractivity contribution >= 4 is 0 Å². The first kappa shape index (κ1) is 16.3. The van der Waals surface area contributed by atoms with E-state index in [4.69, 9.17) is 15.2 Å². The highest BCUT2D eigenvalue weighted by Gasteiger charge is 2.30. The van der Waals surface area contributed by atoms with E-state index in [0.29, 0.717) is 6.04 Å². The molecular weight excluding hydrogens is 264 g/mol. The number of rotatable bonds is 4. The summed E-state index contributed by atoms with van der Waals surface area (Å²) in [4.78, 5) is 2.42. The monoisotopic (exact) mass is 292 g/mol. The van der Waals surface area contributed by atoms with Crippen molar-refractivity contribution in [3.63, 3.8) is 0 Å². The first-order chi connectivity index (χ1) is 9.95. The average molecular weight is 292 g/mol. The molecule has 1 heterocycles. The lowest BCUT2D eigenvalue weighted by molar-refractivity contribution is -0.0505. The molecular formula is C17H28N2O2. The molecule has 2 atom stereocenters. The Morgan fingerprint density at radius 2 is 2.05 bits per heavy atom. The van der Waals surface area contributed by atoms with Gasteiger partial charge in [-0.1, -0.05) is 12.1 Å². The zero-order chi connectivity index (χ0) is 15.6. The molecule has 1 fully saturated rings. The lowest BCUT2D eigenvalue weighted by Crippen LogP contribution is -2.49. The van der Waals surface area contributed by atoms with Crippen molar-refractivity contribution in [2.45, 2.75) is 45.9 Å². The predicted molar refractivity (Wildman–Crippen MR) is 85.8 cm³/mol. The molecule has 0 amide bonds. The fourth-order valence-electron chi connectivity index (χ4n) is 2.93. The number of benzene rings is 1. The van der Waals surface area contributed by atoms with Crippen LogP contribution in [-0.2, 0) is 4.74 Å². The third kappa shape index (κ3) is 3.39. The Kier molecular flexibility index (Phi) is 5.25. The van der Waals surface area contributed by atoms with Gasteiger partial charge < -0.3 is 15.2 Å². The predicted octanol–water partition coefficient (Wildman–Crippen LogP) is 2.42. The van der Waals surface area contributed by atoms with Crippen molar-refractivity contribution in [3.8, 4) is 5.75 Å². The maximum Gasteiger partial charge on any atom is 0.126 e. The molecule has 0 radical (unpaired) electrons. The van der Waals surface area contributed by atoms with Crippen LogP contribution in [-0.4, -0.2) is 43.9 Å². The molecule has 1 aliphatic heterocycles. The fourth-order valence-corrected chi connectivity index (χ4v) is 2.93. The van der Waals surface area contributed by atoms with Gasteiger partial charge in [-0.25, -0.2) is 0 Å². The second kappa shape index (κ2) is 6.77. The summed E-state index contributed by atoms with van der Waals surface area (Å²) in [5.74, 6) is 0.896. The van der Waals surface area contributed by atoms with E-state index in [1.807, 2.05) is 0 Å². The molecule has 0 aliphatic carbocycles. The molecule has 1 saturated heterocycles. The smallest absolute Gasteiger partial charge is 0.126 e. The molecule has 0 bridgehead atoms. The Bertz CT molecular complexity index is 488. The Hall–Kier alpha value is -1.10. The number of methoxy groups -OCH3 is 1. The fraction of sp³-hybridized carbons (Fsp3) is 0.647. The van der Waals surface area contributed by atoms with E-state index >= 15 is 0 Å². The minimum Gasteiger partial charge on any atom is -0.496 e. The summed E-state index contributed by atoms with van der Waals surface area (Å²) in [5, 5.41) is 0. The number of hydrogen-bond donors (Lipinski definition) is 1. The van der Waals surface area contributed by atoms with Gasteiger partial charge in [0.15, 0.2) is 0 Å². The molecule has 2 unspecified atom stereocenters. The highest BCUT2D eigenvalue weighted by molar-refractivity contribution is 5.47. The summed E-state index contributed by atoms with van der Waals surface area (Å²) >= 11 is 0. The van der Waals surface area contributed by atoms with Crippen molar-refractivity contribution in [2.24, 2.45) is 5.73 Å². The van der Waals surface area contributed by atoms with Gasteiger partial charge in [-0.2, -0.15) is 0 Å². The van der Waals surface area contributed by atoms with E-state index in [9.17, 15) is 0 Å². The summed E-state index contributed by atoms with van der Waals surface area (Å²) in [7, 11) is 1.71. The van der Waals surface area contributed by atoms with Gasteiger partial charge in [-0.15, -0.1) is 0 Å². The van der Waals surface area contributed by atoms with Gasteiger partial charge >= 0.3 is 0 Å². The van der Waals surface area contributed by atoms with Crippen LogP contribution in [0.15, 0.2) is 12.1 Å². The summed E-state index contributed by atoms with van der Waals surface area (Å²) in [6.07, 6.45) is 0.0113. The molecule has 4 heteroatoms. The maximum absolute atomic E-state index is 6.50. The zero-order valence-electron chi connectivity index (χ0n) is 13.8. The van der Waals surface area contributed by atoms with Crippen LogP contribution in [0.3, 0.4) is 0 Å². The van der Waals surface area contributed by atoms with Crippen LogP contribution in [0.5, 0.6) is 5.75 Å². The quantitative estimate of drug-likeness (QED) is 0.926. The lowest BCUT2D eigenvalue weighted by Gasteiger charge is -2.38. The van der Waals surface area contributed by atoms with E-state index in [2.05, 4.69) is 44.7 Å². The van der Waals surface area contributed by atoms with Crippen molar-refractivity contribution < 1.29 is 9.47 Å². The van der Waals surface area contributed by atoms with Crippen LogP contribution in [0.2, 0.25) is 0 Å². The first-order valence-electron chi connectivity index (χ1n) is 7.71. The minimum absolute atomic E-state index is 0.0113. The van der Waals surface area contributed by atoms with Crippen LogP contribution in [0.25, 0.3) is 0 Å². The normalized spacial score (nSPS) is 21.6. The number of nitrogens with two attached hydrogens (primary N) is 1.